The second-order valence-corrected chi connectivity index (χ2v) is 10.9. The normalized spacial score (nSPS) is 24.3. The molecule has 2 aliphatic rings. The smallest absolute Gasteiger partial charge is 0.411 e. The van der Waals surface area contributed by atoms with Gasteiger partial charge >= 0.3 is 12.2 Å². The van der Waals surface area contributed by atoms with Gasteiger partial charge in [0.25, 0.3) is 0 Å². The molecule has 2 aliphatic heterocycles. The quantitative estimate of drug-likeness (QED) is 0.661. The monoisotopic (exact) mass is 439 g/mol. The summed E-state index contributed by atoms with van der Waals surface area (Å²) >= 11 is 0. The molecule has 2 rings (SSSR count). The van der Waals surface area contributed by atoms with Gasteiger partial charge in [0.15, 0.2) is 0 Å². The van der Waals surface area contributed by atoms with E-state index in [9.17, 15) is 14.4 Å². The number of amides is 3. The number of likely N-dealkylation sites (tertiary alicyclic amines) is 2. The van der Waals surface area contributed by atoms with Crippen LogP contribution in [0.1, 0.15) is 81.1 Å². The second kappa shape index (κ2) is 9.25. The van der Waals surface area contributed by atoms with E-state index in [0.29, 0.717) is 32.5 Å². The van der Waals surface area contributed by atoms with Gasteiger partial charge in [0.2, 0.25) is 5.91 Å². The van der Waals surface area contributed by atoms with E-state index in [1.165, 1.54) is 0 Å². The Morgan fingerprint density at radius 3 is 2.13 bits per heavy atom. The van der Waals surface area contributed by atoms with Crippen molar-refractivity contribution < 1.29 is 23.9 Å². The summed E-state index contributed by atoms with van der Waals surface area (Å²) < 4.78 is 11.2. The van der Waals surface area contributed by atoms with Crippen molar-refractivity contribution >= 4 is 18.1 Å². The fourth-order valence-electron chi connectivity index (χ4n) is 4.31. The fraction of sp³-hybridized carbons (Fsp3) is 0.870. The lowest BCUT2D eigenvalue weighted by atomic mass is 9.92. The lowest BCUT2D eigenvalue weighted by Gasteiger charge is -2.41. The molecule has 0 N–H and O–H groups in total. The van der Waals surface area contributed by atoms with Gasteiger partial charge in [-0.2, -0.15) is 0 Å². The number of rotatable bonds is 4. The molecule has 0 bridgehead atoms. The average Bonchev–Trinajstić information content (AvgIpc) is 3.23. The minimum Gasteiger partial charge on any atom is -0.444 e. The molecule has 2 heterocycles. The number of nitrogens with zero attached hydrogens (tertiary/aromatic N) is 3. The standard InChI is InChI=1S/C23H41N3O5/c1-9-23(12-14-24(16-23)19(28)30-21(3,4)5)26(20(29)31-22(6,7)8)15-18(27)25-13-10-11-17(25)2/h17H,9-16H2,1-8H3/t17-,23+/m1/s1. The Labute approximate surface area is 187 Å². The van der Waals surface area contributed by atoms with Gasteiger partial charge in [-0.15, -0.1) is 0 Å². The molecule has 178 valence electrons. The summed E-state index contributed by atoms with van der Waals surface area (Å²) in [5, 5.41) is 0. The Bertz CT molecular complexity index is 682. The molecule has 3 amide bonds. The summed E-state index contributed by atoms with van der Waals surface area (Å²) in [5.74, 6) is -0.0700. The summed E-state index contributed by atoms with van der Waals surface area (Å²) in [4.78, 5) is 44.1. The van der Waals surface area contributed by atoms with Gasteiger partial charge in [-0.1, -0.05) is 6.92 Å². The first kappa shape index (κ1) is 25.3. The first-order chi connectivity index (χ1) is 14.2. The van der Waals surface area contributed by atoms with E-state index < -0.39 is 28.9 Å². The third kappa shape index (κ3) is 6.50. The Hall–Kier alpha value is -1.99. The van der Waals surface area contributed by atoms with Gasteiger partial charge in [-0.05, 0) is 74.1 Å². The van der Waals surface area contributed by atoms with E-state index in [1.807, 2.05) is 60.3 Å². The highest BCUT2D eigenvalue weighted by atomic mass is 16.6. The lowest BCUT2D eigenvalue weighted by Crippen LogP contribution is -2.58. The summed E-state index contributed by atoms with van der Waals surface area (Å²) in [6, 6.07) is 0.174. The Morgan fingerprint density at radius 1 is 1.03 bits per heavy atom. The van der Waals surface area contributed by atoms with Crippen LogP contribution in [0.25, 0.3) is 0 Å². The van der Waals surface area contributed by atoms with Crippen LogP contribution in [0, 0.1) is 0 Å². The van der Waals surface area contributed by atoms with Gasteiger partial charge in [0, 0.05) is 25.7 Å². The van der Waals surface area contributed by atoms with Crippen LogP contribution in [0.5, 0.6) is 0 Å². The minimum absolute atomic E-state index is 0.0464. The fourth-order valence-corrected chi connectivity index (χ4v) is 4.31. The first-order valence-corrected chi connectivity index (χ1v) is 11.5. The van der Waals surface area contributed by atoms with Crippen LogP contribution in [0.3, 0.4) is 0 Å². The third-order valence-electron chi connectivity index (χ3n) is 6.00. The number of carbonyl (C=O) groups excluding carboxylic acids is 3. The Balaban J connectivity index is 2.26. The average molecular weight is 440 g/mol. The molecule has 8 heteroatoms. The van der Waals surface area contributed by atoms with Gasteiger partial charge in [0.05, 0.1) is 5.54 Å². The molecule has 31 heavy (non-hydrogen) atoms. The molecule has 0 aromatic rings. The Morgan fingerprint density at radius 2 is 1.65 bits per heavy atom. The molecule has 0 aromatic heterocycles. The van der Waals surface area contributed by atoms with Gasteiger partial charge < -0.3 is 19.3 Å². The first-order valence-electron chi connectivity index (χ1n) is 11.5. The highest BCUT2D eigenvalue weighted by Gasteiger charge is 2.48. The zero-order valence-electron chi connectivity index (χ0n) is 20.6. The van der Waals surface area contributed by atoms with Crippen molar-refractivity contribution in [3.63, 3.8) is 0 Å². The molecule has 2 fully saturated rings. The molecule has 0 unspecified atom stereocenters. The zero-order chi connectivity index (χ0) is 23.6. The summed E-state index contributed by atoms with van der Waals surface area (Å²) in [5.41, 5.74) is -1.95. The second-order valence-electron chi connectivity index (χ2n) is 10.9. The van der Waals surface area contributed by atoms with Crippen molar-refractivity contribution in [1.29, 1.82) is 0 Å². The topological polar surface area (TPSA) is 79.4 Å². The number of hydrogen-bond donors (Lipinski definition) is 0. The van der Waals surface area contributed by atoms with E-state index >= 15 is 0 Å². The SMILES string of the molecule is CC[C@]1(N(CC(=O)N2CCC[C@H]2C)C(=O)OC(C)(C)C)CCN(C(=O)OC(C)(C)C)C1. The summed E-state index contributed by atoms with van der Waals surface area (Å²) in [7, 11) is 0. The Kier molecular flexibility index (Phi) is 7.54. The molecule has 0 radical (unpaired) electrons. The van der Waals surface area contributed by atoms with Gasteiger partial charge in [-0.3, -0.25) is 9.69 Å². The summed E-state index contributed by atoms with van der Waals surface area (Å²) in [6.45, 7) is 16.4. The van der Waals surface area contributed by atoms with Crippen molar-refractivity contribution in [1.82, 2.24) is 14.7 Å². The summed E-state index contributed by atoms with van der Waals surface area (Å²) in [6.07, 6.45) is 2.22. The van der Waals surface area contributed by atoms with E-state index in [-0.39, 0.29) is 18.5 Å². The van der Waals surface area contributed by atoms with Crippen LogP contribution < -0.4 is 0 Å². The minimum atomic E-state index is -0.683. The maximum atomic E-state index is 13.2. The molecule has 2 saturated heterocycles. The predicted molar refractivity (Wildman–Crippen MR) is 119 cm³/mol. The molecule has 0 spiro atoms. The number of carbonyl (C=O) groups is 3. The third-order valence-corrected chi connectivity index (χ3v) is 6.00. The largest absolute Gasteiger partial charge is 0.444 e. The molecule has 0 aromatic carbocycles. The number of hydrogen-bond acceptors (Lipinski definition) is 5. The van der Waals surface area contributed by atoms with Crippen molar-refractivity contribution in [2.45, 2.75) is 104 Å². The molecule has 2 atom stereocenters. The van der Waals surface area contributed by atoms with Gasteiger partial charge in [0.1, 0.15) is 17.7 Å². The van der Waals surface area contributed by atoms with E-state index in [0.717, 1.165) is 12.8 Å². The van der Waals surface area contributed by atoms with Crippen LogP contribution in [-0.2, 0) is 14.3 Å². The highest BCUT2D eigenvalue weighted by Crippen LogP contribution is 2.34. The van der Waals surface area contributed by atoms with Crippen molar-refractivity contribution in [2.24, 2.45) is 0 Å². The predicted octanol–water partition coefficient (Wildman–Crippen LogP) is 4.02. The maximum absolute atomic E-state index is 13.2. The molecule has 0 aliphatic carbocycles. The van der Waals surface area contributed by atoms with Crippen molar-refractivity contribution in [3.8, 4) is 0 Å². The molecule has 0 saturated carbocycles. The molecular weight excluding hydrogens is 398 g/mol. The van der Waals surface area contributed by atoms with E-state index in [1.54, 1.807) is 9.80 Å². The van der Waals surface area contributed by atoms with Gasteiger partial charge in [-0.25, -0.2) is 9.59 Å². The molecule has 8 nitrogen and oxygen atoms in total. The zero-order valence-corrected chi connectivity index (χ0v) is 20.6. The van der Waals surface area contributed by atoms with E-state index in [4.69, 9.17) is 9.47 Å². The highest BCUT2D eigenvalue weighted by molar-refractivity contribution is 5.83. The maximum Gasteiger partial charge on any atom is 0.411 e. The van der Waals surface area contributed by atoms with Crippen molar-refractivity contribution in [2.75, 3.05) is 26.2 Å². The number of ether oxygens (including phenoxy) is 2. The van der Waals surface area contributed by atoms with Crippen molar-refractivity contribution in [3.05, 3.63) is 0 Å². The van der Waals surface area contributed by atoms with Crippen LogP contribution in [0.15, 0.2) is 0 Å². The van der Waals surface area contributed by atoms with E-state index in [2.05, 4.69) is 0 Å². The van der Waals surface area contributed by atoms with Crippen LogP contribution >= 0.6 is 0 Å². The molecular formula is C23H41N3O5. The lowest BCUT2D eigenvalue weighted by molar-refractivity contribution is -0.134. The van der Waals surface area contributed by atoms with Crippen LogP contribution in [0.2, 0.25) is 0 Å². The van der Waals surface area contributed by atoms with Crippen LogP contribution in [-0.4, -0.2) is 81.8 Å². The van der Waals surface area contributed by atoms with Crippen LogP contribution in [0.4, 0.5) is 9.59 Å².